The molecule has 0 atom stereocenters. The highest BCUT2D eigenvalue weighted by atomic mass is 32.2. The summed E-state index contributed by atoms with van der Waals surface area (Å²) in [6.07, 6.45) is 1.91. The molecule has 7 heteroatoms. The molecule has 1 amide bonds. The van der Waals surface area contributed by atoms with Gasteiger partial charge in [-0.15, -0.1) is 0 Å². The van der Waals surface area contributed by atoms with Gasteiger partial charge >= 0.3 is 0 Å². The molecule has 2 aromatic carbocycles. The summed E-state index contributed by atoms with van der Waals surface area (Å²) in [6.45, 7) is 2.70. The maximum absolute atomic E-state index is 12.7. The second kappa shape index (κ2) is 8.10. The smallest absolute Gasteiger partial charge is 0.240 e. The lowest BCUT2D eigenvalue weighted by molar-refractivity contribution is -0.117. The van der Waals surface area contributed by atoms with Gasteiger partial charge in [0.1, 0.15) is 5.75 Å². The van der Waals surface area contributed by atoms with E-state index in [0.29, 0.717) is 24.9 Å². The molecule has 1 fully saturated rings. The van der Waals surface area contributed by atoms with Crippen molar-refractivity contribution in [2.45, 2.75) is 31.1 Å². The molecule has 0 bridgehead atoms. The number of hydrogen-bond acceptors (Lipinski definition) is 4. The van der Waals surface area contributed by atoms with E-state index in [1.165, 1.54) is 0 Å². The molecule has 0 radical (unpaired) electrons. The van der Waals surface area contributed by atoms with Crippen LogP contribution in [0.3, 0.4) is 0 Å². The summed E-state index contributed by atoms with van der Waals surface area (Å²) in [5, 5.41) is 0. The SMILES string of the molecule is COc1ccccc1CCNS(=O)(=O)c1ccc(N2CCCC2=O)cc1C. The lowest BCUT2D eigenvalue weighted by Gasteiger charge is -2.18. The first-order valence-electron chi connectivity index (χ1n) is 8.95. The second-order valence-electron chi connectivity index (χ2n) is 6.56. The average Bonchev–Trinajstić information content (AvgIpc) is 3.07. The fourth-order valence-corrected chi connectivity index (χ4v) is 4.59. The normalized spacial score (nSPS) is 14.6. The van der Waals surface area contributed by atoms with Crippen molar-refractivity contribution in [2.75, 3.05) is 25.1 Å². The fraction of sp³-hybridized carbons (Fsp3) is 0.350. The quantitative estimate of drug-likeness (QED) is 0.791. The van der Waals surface area contributed by atoms with Crippen LogP contribution in [0.2, 0.25) is 0 Å². The Morgan fingerprint density at radius 2 is 1.96 bits per heavy atom. The Morgan fingerprint density at radius 3 is 2.63 bits per heavy atom. The average molecular weight is 388 g/mol. The van der Waals surface area contributed by atoms with Crippen LogP contribution >= 0.6 is 0 Å². The number of aryl methyl sites for hydroxylation is 1. The van der Waals surface area contributed by atoms with Gasteiger partial charge in [0.05, 0.1) is 12.0 Å². The molecule has 1 aliphatic heterocycles. The van der Waals surface area contributed by atoms with Gasteiger partial charge in [-0.1, -0.05) is 18.2 Å². The molecule has 144 valence electrons. The first-order valence-corrected chi connectivity index (χ1v) is 10.4. The highest BCUT2D eigenvalue weighted by molar-refractivity contribution is 7.89. The Balaban J connectivity index is 1.70. The van der Waals surface area contributed by atoms with Crippen molar-refractivity contribution >= 4 is 21.6 Å². The van der Waals surface area contributed by atoms with Crippen LogP contribution in [0.1, 0.15) is 24.0 Å². The molecular weight excluding hydrogens is 364 g/mol. The molecule has 0 aromatic heterocycles. The van der Waals surface area contributed by atoms with Crippen LogP contribution in [-0.4, -0.2) is 34.5 Å². The molecule has 0 unspecified atom stereocenters. The van der Waals surface area contributed by atoms with E-state index in [2.05, 4.69) is 4.72 Å². The summed E-state index contributed by atoms with van der Waals surface area (Å²) < 4.78 is 33.3. The van der Waals surface area contributed by atoms with Crippen LogP contribution < -0.4 is 14.4 Å². The molecule has 6 nitrogen and oxygen atoms in total. The van der Waals surface area contributed by atoms with Gasteiger partial charge < -0.3 is 9.64 Å². The van der Waals surface area contributed by atoms with Crippen LogP contribution in [0.15, 0.2) is 47.4 Å². The second-order valence-corrected chi connectivity index (χ2v) is 8.29. The van der Waals surface area contributed by atoms with E-state index < -0.39 is 10.0 Å². The van der Waals surface area contributed by atoms with Gasteiger partial charge in [-0.05, 0) is 55.2 Å². The van der Waals surface area contributed by atoms with Gasteiger partial charge in [0.2, 0.25) is 15.9 Å². The number of nitrogens with zero attached hydrogens (tertiary/aromatic N) is 1. The summed E-state index contributed by atoms with van der Waals surface area (Å²) >= 11 is 0. The predicted molar refractivity (Wildman–Crippen MR) is 105 cm³/mol. The van der Waals surface area contributed by atoms with Crippen molar-refractivity contribution in [3.8, 4) is 5.75 Å². The van der Waals surface area contributed by atoms with Crippen molar-refractivity contribution in [1.82, 2.24) is 4.72 Å². The molecule has 1 aliphatic rings. The highest BCUT2D eigenvalue weighted by Crippen LogP contribution is 2.26. The molecule has 0 saturated carbocycles. The first-order chi connectivity index (χ1) is 12.9. The van der Waals surface area contributed by atoms with E-state index in [0.717, 1.165) is 23.4 Å². The fourth-order valence-electron chi connectivity index (χ4n) is 3.33. The standard InChI is InChI=1S/C20H24N2O4S/c1-15-14-17(22-13-5-8-20(22)23)9-10-19(15)27(24,25)21-12-11-16-6-3-4-7-18(16)26-2/h3-4,6-7,9-10,14,21H,5,8,11-13H2,1-2H3. The summed E-state index contributed by atoms with van der Waals surface area (Å²) in [7, 11) is -2.03. The predicted octanol–water partition coefficient (Wildman–Crippen LogP) is 2.65. The number of nitrogens with one attached hydrogen (secondary N) is 1. The minimum absolute atomic E-state index is 0.0833. The molecular formula is C20H24N2O4S. The summed E-state index contributed by atoms with van der Waals surface area (Å²) in [5.74, 6) is 0.826. The summed E-state index contributed by atoms with van der Waals surface area (Å²) in [4.78, 5) is 13.8. The summed E-state index contributed by atoms with van der Waals surface area (Å²) in [5.41, 5.74) is 2.32. The molecule has 1 N–H and O–H groups in total. The van der Waals surface area contributed by atoms with E-state index >= 15 is 0 Å². The van der Waals surface area contributed by atoms with Gasteiger partial charge in [-0.3, -0.25) is 4.79 Å². The molecule has 27 heavy (non-hydrogen) atoms. The number of methoxy groups -OCH3 is 1. The molecule has 3 rings (SSSR count). The van der Waals surface area contributed by atoms with Crippen molar-refractivity contribution in [1.29, 1.82) is 0 Å². The molecule has 2 aromatic rings. The van der Waals surface area contributed by atoms with Gasteiger partial charge in [0, 0.05) is 25.2 Å². The third-order valence-electron chi connectivity index (χ3n) is 4.71. The van der Waals surface area contributed by atoms with E-state index in [1.54, 1.807) is 37.1 Å². The Kier molecular flexibility index (Phi) is 5.82. The van der Waals surface area contributed by atoms with Gasteiger partial charge in [-0.25, -0.2) is 13.1 Å². The van der Waals surface area contributed by atoms with Gasteiger partial charge in [-0.2, -0.15) is 0 Å². The number of para-hydroxylation sites is 1. The van der Waals surface area contributed by atoms with E-state index in [4.69, 9.17) is 4.74 Å². The van der Waals surface area contributed by atoms with Crippen molar-refractivity contribution in [3.05, 3.63) is 53.6 Å². The number of amides is 1. The number of anilines is 1. The monoisotopic (exact) mass is 388 g/mol. The minimum atomic E-state index is -3.63. The lowest BCUT2D eigenvalue weighted by Crippen LogP contribution is -2.27. The Labute approximate surface area is 160 Å². The Morgan fingerprint density at radius 1 is 1.19 bits per heavy atom. The molecule has 0 aliphatic carbocycles. The number of sulfonamides is 1. The van der Waals surface area contributed by atoms with Crippen LogP contribution in [0, 0.1) is 6.92 Å². The van der Waals surface area contributed by atoms with Gasteiger partial charge in [0.15, 0.2) is 0 Å². The lowest BCUT2D eigenvalue weighted by atomic mass is 10.1. The third kappa shape index (κ3) is 4.31. The molecule has 1 heterocycles. The highest BCUT2D eigenvalue weighted by Gasteiger charge is 2.23. The summed E-state index contributed by atoms with van der Waals surface area (Å²) in [6, 6.07) is 12.6. The maximum Gasteiger partial charge on any atom is 0.240 e. The Hall–Kier alpha value is -2.38. The zero-order chi connectivity index (χ0) is 19.4. The topological polar surface area (TPSA) is 75.7 Å². The van der Waals surface area contributed by atoms with Crippen LogP contribution in [-0.2, 0) is 21.2 Å². The number of carbonyl (C=O) groups excluding carboxylic acids is 1. The van der Waals surface area contributed by atoms with Crippen LogP contribution in [0.4, 0.5) is 5.69 Å². The first kappa shape index (κ1) is 19.4. The van der Waals surface area contributed by atoms with Crippen molar-refractivity contribution in [3.63, 3.8) is 0 Å². The Bertz CT molecular complexity index is 941. The number of rotatable bonds is 7. The van der Waals surface area contributed by atoms with Crippen LogP contribution in [0.5, 0.6) is 5.75 Å². The zero-order valence-corrected chi connectivity index (χ0v) is 16.4. The molecule has 1 saturated heterocycles. The van der Waals surface area contributed by atoms with Crippen LogP contribution in [0.25, 0.3) is 0 Å². The van der Waals surface area contributed by atoms with E-state index in [-0.39, 0.29) is 17.3 Å². The van der Waals surface area contributed by atoms with E-state index in [1.807, 2.05) is 24.3 Å². The molecule has 0 spiro atoms. The zero-order valence-electron chi connectivity index (χ0n) is 15.6. The number of hydrogen-bond donors (Lipinski definition) is 1. The third-order valence-corrected chi connectivity index (χ3v) is 6.33. The van der Waals surface area contributed by atoms with E-state index in [9.17, 15) is 13.2 Å². The number of ether oxygens (including phenoxy) is 1. The van der Waals surface area contributed by atoms with Gasteiger partial charge in [0.25, 0.3) is 0 Å². The number of carbonyl (C=O) groups is 1. The minimum Gasteiger partial charge on any atom is -0.496 e. The van der Waals surface area contributed by atoms with Crippen molar-refractivity contribution in [2.24, 2.45) is 0 Å². The van der Waals surface area contributed by atoms with Crippen molar-refractivity contribution < 1.29 is 17.9 Å². The number of benzene rings is 2. The largest absolute Gasteiger partial charge is 0.496 e. The maximum atomic E-state index is 12.7.